The number of aromatic nitrogens is 9. The predicted octanol–water partition coefficient (Wildman–Crippen LogP) is 15.5. The Morgan fingerprint density at radius 2 is 0.774 bits per heavy atom. The van der Waals surface area contributed by atoms with Crippen LogP contribution in [-0.4, -0.2) is 124 Å². The number of piperidine rings is 3. The van der Waals surface area contributed by atoms with Crippen molar-refractivity contribution in [2.24, 2.45) is 0 Å². The average Bonchev–Trinajstić information content (AvgIpc) is 1.62. The van der Waals surface area contributed by atoms with Crippen molar-refractivity contribution >= 4 is 127 Å². The summed E-state index contributed by atoms with van der Waals surface area (Å²) in [7, 11) is -13.4. The van der Waals surface area contributed by atoms with Crippen LogP contribution in [0, 0.1) is 13.8 Å². The van der Waals surface area contributed by atoms with Crippen LogP contribution in [0.25, 0.3) is 33.1 Å². The molecule has 0 radical (unpaired) electrons. The van der Waals surface area contributed by atoms with Crippen LogP contribution in [0.15, 0.2) is 293 Å². The summed E-state index contributed by atoms with van der Waals surface area (Å²) in [6, 6.07) is 66.9. The van der Waals surface area contributed by atoms with Crippen molar-refractivity contribution < 1.29 is 42.1 Å². The number of nitrogens with two attached hydrogens (primary N) is 1. The van der Waals surface area contributed by atoms with Gasteiger partial charge in [-0.2, -0.15) is 0 Å². The SMILES string of the molecule is C.Cc1ccc(S(=O)(=O)n2ccc3c(N4CCCC(c5cccc(N)c5)C4)ncnc32)cc1.Cc1ccc(S(=O)(=O)n2ccc3c(N4CCCC(c5cccc(NS(=O)(=O)c6ccccc6)c5)C4)ncnc32)cc1.O=S(=O)(Cl)c1ccccc1.O=S(=O)(Nc1cccc(C2CCCN(c3ncnc4[nH]ccc34)C2)c1)c1ccccc1. The molecule has 9 heterocycles. The number of aromatic amines is 1. The minimum absolute atomic E-state index is 0. The van der Waals surface area contributed by atoms with Gasteiger partial charge < -0.3 is 25.4 Å². The molecule has 115 heavy (non-hydrogen) atoms. The number of fused-ring (bicyclic) bond motifs is 3. The van der Waals surface area contributed by atoms with Gasteiger partial charge in [-0.1, -0.05) is 134 Å². The minimum atomic E-state index is -3.83. The number of halogens is 1. The Morgan fingerprint density at radius 1 is 0.400 bits per heavy atom. The van der Waals surface area contributed by atoms with Crippen LogP contribution >= 0.6 is 10.7 Å². The van der Waals surface area contributed by atoms with Gasteiger partial charge in [-0.05, 0) is 184 Å². The number of aryl methyl sites for hydroxylation is 2. The van der Waals surface area contributed by atoms with E-state index in [0.717, 1.165) is 127 Å². The van der Waals surface area contributed by atoms with Gasteiger partial charge in [-0.15, -0.1) is 0 Å². The highest BCUT2D eigenvalue weighted by molar-refractivity contribution is 8.13. The normalized spacial score (nSPS) is 16.1. The van der Waals surface area contributed by atoms with E-state index in [9.17, 15) is 42.1 Å². The lowest BCUT2D eigenvalue weighted by Gasteiger charge is -2.34. The molecular formula is C84H86ClN15O10S5. The van der Waals surface area contributed by atoms with Crippen molar-refractivity contribution in [3.63, 3.8) is 0 Å². The molecule has 0 aliphatic carbocycles. The molecule has 6 aromatic heterocycles. The van der Waals surface area contributed by atoms with E-state index >= 15 is 0 Å². The Morgan fingerprint density at radius 3 is 1.17 bits per heavy atom. The van der Waals surface area contributed by atoms with Gasteiger partial charge in [0.2, 0.25) is 0 Å². The van der Waals surface area contributed by atoms with E-state index in [1.807, 2.05) is 74.6 Å². The monoisotopic (exact) mass is 1660 g/mol. The summed E-state index contributed by atoms with van der Waals surface area (Å²) in [5.41, 5.74) is 14.7. The molecule has 594 valence electrons. The third kappa shape index (κ3) is 18.8. The Bertz CT molecular complexity index is 6350. The van der Waals surface area contributed by atoms with Crippen molar-refractivity contribution in [2.45, 2.75) is 102 Å². The highest BCUT2D eigenvalue weighted by Gasteiger charge is 2.31. The fourth-order valence-corrected chi connectivity index (χ4v) is 20.1. The first-order chi connectivity index (χ1) is 54.9. The van der Waals surface area contributed by atoms with Gasteiger partial charge in [0.1, 0.15) is 42.1 Å². The molecule has 5 N–H and O–H groups in total. The van der Waals surface area contributed by atoms with Crippen molar-refractivity contribution in [2.75, 3.05) is 69.1 Å². The molecule has 3 aliphatic heterocycles. The van der Waals surface area contributed by atoms with E-state index in [-0.39, 0.29) is 37.8 Å². The molecule has 3 atom stereocenters. The first kappa shape index (κ1) is 81.5. The topological polar surface area (TPSA) is 333 Å². The second-order valence-corrected chi connectivity index (χ2v) is 37.6. The number of benzene rings is 8. The van der Waals surface area contributed by atoms with E-state index < -0.39 is 49.1 Å². The second-order valence-electron chi connectivity index (χ2n) is 28.0. The van der Waals surface area contributed by atoms with Crippen molar-refractivity contribution in [1.82, 2.24) is 42.8 Å². The molecule has 8 aromatic carbocycles. The lowest BCUT2D eigenvalue weighted by atomic mass is 9.90. The van der Waals surface area contributed by atoms with E-state index in [0.29, 0.717) is 52.3 Å². The fourth-order valence-electron chi connectivity index (χ4n) is 14.5. The molecule has 3 fully saturated rings. The summed E-state index contributed by atoms with van der Waals surface area (Å²) < 4.78 is 133. The number of hydrogen-bond donors (Lipinski definition) is 4. The Balaban J connectivity index is 0.000000142. The number of nitrogen functional groups attached to an aromatic ring is 1. The molecule has 3 unspecified atom stereocenters. The number of hydrogen-bond acceptors (Lipinski definition) is 20. The van der Waals surface area contributed by atoms with Gasteiger partial charge in [-0.25, -0.2) is 79.9 Å². The van der Waals surface area contributed by atoms with Crippen LogP contribution in [0.5, 0.6) is 0 Å². The number of sulfonamides is 2. The van der Waals surface area contributed by atoms with Crippen molar-refractivity contribution in [1.29, 1.82) is 0 Å². The molecule has 17 rings (SSSR count). The van der Waals surface area contributed by atoms with Crippen LogP contribution in [0.4, 0.5) is 34.5 Å². The lowest BCUT2D eigenvalue weighted by Crippen LogP contribution is -2.35. The summed E-state index contributed by atoms with van der Waals surface area (Å²) in [5.74, 6) is 3.15. The van der Waals surface area contributed by atoms with Gasteiger partial charge >= 0.3 is 0 Å². The van der Waals surface area contributed by atoms with Crippen LogP contribution < -0.4 is 29.9 Å². The summed E-state index contributed by atoms with van der Waals surface area (Å²) in [5, 5.41) is 2.41. The standard InChI is InChI=1S/C30H29N5O4S2.C24H25N5O2S.C23H23N5O2S.C6H5ClO2S.CH4/c1-22-12-14-27(15-13-22)41(38,39)35-18-16-28-29(31-21-32-30(28)35)34-17-6-8-24(20-34)23-7-5-9-25(19-23)33-40(36,37)26-10-3-2-4-11-26;1-17-7-9-21(10-8-17)32(30,31)29-13-11-22-23(26-16-27-24(22)29)28-12-3-5-19(15-28)18-4-2-6-20(25)14-18;29-31(30,20-9-2-1-3-10-20)27-19-8-4-6-17(14-19)18-7-5-13-28(15-18)23-21-11-12-24-22(21)25-16-26-23;7-10(8,9)6-4-2-1-3-5-6;/h2-5,7,9-16,18-19,21,24,33H,6,8,17,20H2,1H3;2,4,6-11,13-14,16,19H,3,5,12,15,25H2,1H3;1-4,6,8-12,14,16,18,27H,5,7,13,15H2,(H,24,25,26);1-5H;1H4. The molecule has 14 aromatic rings. The molecule has 0 saturated carbocycles. The van der Waals surface area contributed by atoms with Gasteiger partial charge in [-0.3, -0.25) is 9.44 Å². The van der Waals surface area contributed by atoms with Gasteiger partial charge in [0.15, 0.2) is 11.3 Å². The summed E-state index contributed by atoms with van der Waals surface area (Å²) in [6.45, 7) is 8.67. The fraction of sp³-hybridized carbons (Fsp3) is 0.214. The maximum atomic E-state index is 13.4. The van der Waals surface area contributed by atoms with E-state index in [4.69, 9.17) is 16.4 Å². The van der Waals surface area contributed by atoms with Gasteiger partial charge in [0, 0.05) is 103 Å². The summed E-state index contributed by atoms with van der Waals surface area (Å²) >= 11 is 0. The largest absolute Gasteiger partial charge is 0.399 e. The third-order valence-corrected chi connectivity index (χ3v) is 27.8. The Hall–Kier alpha value is -11.5. The quantitative estimate of drug-likeness (QED) is 0.0486. The Labute approximate surface area is 674 Å². The highest BCUT2D eigenvalue weighted by atomic mass is 35.7. The molecule has 31 heteroatoms. The molecule has 0 amide bonds. The number of nitrogens with zero attached hydrogens (tertiary/aromatic N) is 11. The number of H-pyrrole nitrogens is 1. The number of nitrogens with one attached hydrogen (secondary N) is 3. The highest BCUT2D eigenvalue weighted by Crippen LogP contribution is 2.38. The zero-order chi connectivity index (χ0) is 79.8. The maximum Gasteiger partial charge on any atom is 0.269 e. The first-order valence-corrected chi connectivity index (χ1v) is 45.0. The van der Waals surface area contributed by atoms with Gasteiger partial charge in [0.25, 0.3) is 49.1 Å². The molecule has 25 nitrogen and oxygen atoms in total. The van der Waals surface area contributed by atoms with Crippen LogP contribution in [0.1, 0.15) is 91.5 Å². The van der Waals surface area contributed by atoms with Crippen LogP contribution in [-0.2, 0) is 49.1 Å². The van der Waals surface area contributed by atoms with Gasteiger partial charge in [0.05, 0.1) is 40.6 Å². The third-order valence-electron chi connectivity index (χ3n) is 20.2. The Kier molecular flexibility index (Phi) is 24.8. The van der Waals surface area contributed by atoms with E-state index in [1.54, 1.807) is 164 Å². The summed E-state index contributed by atoms with van der Waals surface area (Å²) in [4.78, 5) is 37.4. The predicted molar refractivity (Wildman–Crippen MR) is 453 cm³/mol. The first-order valence-electron chi connectivity index (χ1n) is 36.9. The van der Waals surface area contributed by atoms with Crippen molar-refractivity contribution in [3.8, 4) is 0 Å². The number of rotatable bonds is 17. The van der Waals surface area contributed by atoms with Crippen molar-refractivity contribution in [3.05, 3.63) is 296 Å². The average molecular weight is 1660 g/mol. The summed E-state index contributed by atoms with van der Waals surface area (Å²) in [6.07, 6.45) is 15.4. The van der Waals surface area contributed by atoms with Crippen LogP contribution in [0.2, 0.25) is 0 Å². The van der Waals surface area contributed by atoms with E-state index in [2.05, 4.69) is 71.2 Å². The zero-order valence-electron chi connectivity index (χ0n) is 62.1. The second kappa shape index (κ2) is 35.1. The molecule has 3 aliphatic rings. The smallest absolute Gasteiger partial charge is 0.269 e. The zero-order valence-corrected chi connectivity index (χ0v) is 67.0. The lowest BCUT2D eigenvalue weighted by molar-refractivity contribution is 0.508. The molecule has 0 bridgehead atoms. The minimum Gasteiger partial charge on any atom is -0.399 e. The number of anilines is 6. The van der Waals surface area contributed by atoms with Crippen LogP contribution in [0.3, 0.4) is 0 Å². The van der Waals surface area contributed by atoms with E-state index in [1.165, 1.54) is 44.5 Å². The maximum absolute atomic E-state index is 13.4. The molecule has 0 spiro atoms. The molecule has 3 saturated heterocycles. The molecular weight excluding hydrogens is 1570 g/mol.